The molecule has 6 heteroatoms. The predicted octanol–water partition coefficient (Wildman–Crippen LogP) is 2.62. The summed E-state index contributed by atoms with van der Waals surface area (Å²) in [7, 11) is 0. The van der Waals surface area contributed by atoms with E-state index >= 15 is 0 Å². The molecule has 0 radical (unpaired) electrons. The Labute approximate surface area is 125 Å². The van der Waals surface area contributed by atoms with Gasteiger partial charge in [-0.15, -0.1) is 0 Å². The molecule has 1 heterocycles. The number of aliphatic hydroxyl groups is 1. The number of pyridine rings is 1. The Balaban J connectivity index is 2.89. The maximum atomic E-state index is 11.8. The maximum absolute atomic E-state index is 11.8. The molecule has 1 atom stereocenters. The molecule has 0 saturated heterocycles. The number of nitrogens with zero attached hydrogens (tertiary/aromatic N) is 2. The van der Waals surface area contributed by atoms with E-state index in [1.165, 1.54) is 0 Å². The molecule has 0 aliphatic rings. The minimum atomic E-state index is -0.575. The summed E-state index contributed by atoms with van der Waals surface area (Å²) in [4.78, 5) is 20.2. The Morgan fingerprint density at radius 1 is 1.52 bits per heavy atom. The normalized spacial score (nSPS) is 13.7. The van der Waals surface area contributed by atoms with Gasteiger partial charge in [-0.25, -0.2) is 9.78 Å². The van der Waals surface area contributed by atoms with E-state index in [1.807, 2.05) is 0 Å². The Kier molecular flexibility index (Phi) is 5.84. The van der Waals surface area contributed by atoms with Crippen molar-refractivity contribution >= 4 is 17.6 Å². The first-order valence-corrected chi connectivity index (χ1v) is 6.83. The monoisotopic (exact) mass is 293 g/mol. The van der Waals surface area contributed by atoms with E-state index in [0.717, 1.165) is 0 Å². The van der Waals surface area contributed by atoms with Crippen LogP contribution >= 0.6 is 0 Å². The zero-order valence-corrected chi connectivity index (χ0v) is 13.2. The summed E-state index contributed by atoms with van der Waals surface area (Å²) in [6.07, 6.45) is 0.502. The van der Waals surface area contributed by atoms with Gasteiger partial charge in [0.1, 0.15) is 11.4 Å². The molecule has 0 spiro atoms. The van der Waals surface area contributed by atoms with E-state index in [-0.39, 0.29) is 0 Å². The second-order valence-corrected chi connectivity index (χ2v) is 5.80. The molecule has 1 aromatic rings. The van der Waals surface area contributed by atoms with Crippen LogP contribution in [0.1, 0.15) is 40.2 Å². The van der Waals surface area contributed by atoms with Crippen molar-refractivity contribution in [2.45, 2.75) is 46.3 Å². The van der Waals surface area contributed by atoms with E-state index < -0.39 is 17.8 Å². The standard InChI is InChI=1S/C15H23N3O3/c1-10(19)9-17-11(2)12-7-6-8-16-13(12)18-14(20)21-15(3,4)5/h6-8,10,19H,9H2,1-5H3,(H,16,18,20)/b17-11-/t10-/m0/s1. The largest absolute Gasteiger partial charge is 0.444 e. The number of hydrogen-bond donors (Lipinski definition) is 2. The Morgan fingerprint density at radius 2 is 2.19 bits per heavy atom. The van der Waals surface area contributed by atoms with E-state index in [2.05, 4.69) is 15.3 Å². The van der Waals surface area contributed by atoms with Crippen LogP contribution in [0.2, 0.25) is 0 Å². The Bertz CT molecular complexity index is 519. The molecule has 0 fully saturated rings. The highest BCUT2D eigenvalue weighted by Gasteiger charge is 2.18. The van der Waals surface area contributed by atoms with Crippen LogP contribution in [0.4, 0.5) is 10.6 Å². The molecular weight excluding hydrogens is 270 g/mol. The van der Waals surface area contributed by atoms with Gasteiger partial charge in [-0.05, 0) is 46.8 Å². The third kappa shape index (κ3) is 6.35. The van der Waals surface area contributed by atoms with Gasteiger partial charge in [0.05, 0.1) is 12.6 Å². The lowest BCUT2D eigenvalue weighted by Gasteiger charge is -2.20. The first kappa shape index (κ1) is 17.1. The van der Waals surface area contributed by atoms with Gasteiger partial charge in [0, 0.05) is 17.5 Å². The second kappa shape index (κ2) is 7.17. The second-order valence-electron chi connectivity index (χ2n) is 5.80. The summed E-state index contributed by atoms with van der Waals surface area (Å²) < 4.78 is 5.20. The molecular formula is C15H23N3O3. The lowest BCUT2D eigenvalue weighted by Crippen LogP contribution is -2.28. The molecule has 0 bridgehead atoms. The Morgan fingerprint density at radius 3 is 2.76 bits per heavy atom. The van der Waals surface area contributed by atoms with Gasteiger partial charge in [0.25, 0.3) is 0 Å². The number of aromatic nitrogens is 1. The smallest absolute Gasteiger partial charge is 0.413 e. The first-order chi connectivity index (χ1) is 9.69. The minimum absolute atomic E-state index is 0.298. The summed E-state index contributed by atoms with van der Waals surface area (Å²) in [6.45, 7) is 9.15. The molecule has 0 unspecified atom stereocenters. The number of rotatable bonds is 4. The third-order valence-electron chi connectivity index (χ3n) is 2.41. The number of ether oxygens (including phenoxy) is 1. The lowest BCUT2D eigenvalue weighted by molar-refractivity contribution is 0.0635. The summed E-state index contributed by atoms with van der Waals surface area (Å²) in [5.41, 5.74) is 0.813. The predicted molar refractivity (Wildman–Crippen MR) is 82.9 cm³/mol. The number of amides is 1. The molecule has 0 aliphatic carbocycles. The number of nitrogens with one attached hydrogen (secondary N) is 1. The Hall–Kier alpha value is -1.95. The molecule has 2 N–H and O–H groups in total. The lowest BCUT2D eigenvalue weighted by atomic mass is 10.1. The number of aliphatic imine (C=N–C) groups is 1. The highest BCUT2D eigenvalue weighted by Crippen LogP contribution is 2.15. The molecule has 1 amide bonds. The molecule has 0 aliphatic heterocycles. The van der Waals surface area contributed by atoms with Gasteiger partial charge in [-0.1, -0.05) is 0 Å². The average molecular weight is 293 g/mol. The summed E-state index contributed by atoms with van der Waals surface area (Å²) in [5.74, 6) is 0.388. The van der Waals surface area contributed by atoms with E-state index in [9.17, 15) is 9.90 Å². The van der Waals surface area contributed by atoms with E-state index in [0.29, 0.717) is 23.6 Å². The topological polar surface area (TPSA) is 83.8 Å². The number of anilines is 1. The number of aliphatic hydroxyl groups excluding tert-OH is 1. The fraction of sp³-hybridized carbons (Fsp3) is 0.533. The van der Waals surface area contributed by atoms with Gasteiger partial charge >= 0.3 is 6.09 Å². The zero-order chi connectivity index (χ0) is 16.0. The van der Waals surface area contributed by atoms with Crippen molar-refractivity contribution < 1.29 is 14.6 Å². The van der Waals surface area contributed by atoms with Crippen molar-refractivity contribution in [1.29, 1.82) is 0 Å². The molecule has 1 rings (SSSR count). The van der Waals surface area contributed by atoms with Crippen LogP contribution in [0.15, 0.2) is 23.3 Å². The third-order valence-corrected chi connectivity index (χ3v) is 2.41. The zero-order valence-electron chi connectivity index (χ0n) is 13.2. The number of carbonyl (C=O) groups is 1. The molecule has 21 heavy (non-hydrogen) atoms. The van der Waals surface area contributed by atoms with E-state index in [1.54, 1.807) is 52.9 Å². The van der Waals surface area contributed by atoms with Gasteiger partial charge in [0.15, 0.2) is 0 Å². The fourth-order valence-electron chi connectivity index (χ4n) is 1.55. The van der Waals surface area contributed by atoms with Gasteiger partial charge < -0.3 is 9.84 Å². The molecule has 1 aromatic heterocycles. The summed E-state index contributed by atoms with van der Waals surface area (Å²) in [5, 5.41) is 11.9. The SMILES string of the molecule is C/C(=N/C[C@H](C)O)c1cccnc1NC(=O)OC(C)(C)C. The van der Waals surface area contributed by atoms with Gasteiger partial charge in [-0.3, -0.25) is 10.3 Å². The van der Waals surface area contributed by atoms with Gasteiger partial charge in [-0.2, -0.15) is 0 Å². The van der Waals surface area contributed by atoms with Crippen molar-refractivity contribution in [1.82, 2.24) is 4.98 Å². The van der Waals surface area contributed by atoms with Crippen LogP contribution in [0.3, 0.4) is 0 Å². The quantitative estimate of drug-likeness (QED) is 0.836. The maximum Gasteiger partial charge on any atom is 0.413 e. The van der Waals surface area contributed by atoms with Crippen molar-refractivity contribution in [3.8, 4) is 0 Å². The number of carbonyl (C=O) groups excluding carboxylic acids is 1. The van der Waals surface area contributed by atoms with Crippen LogP contribution in [-0.4, -0.2) is 40.1 Å². The van der Waals surface area contributed by atoms with Crippen molar-refractivity contribution in [2.75, 3.05) is 11.9 Å². The molecule has 0 aromatic carbocycles. The van der Waals surface area contributed by atoms with Crippen LogP contribution in [-0.2, 0) is 4.74 Å². The molecule has 6 nitrogen and oxygen atoms in total. The van der Waals surface area contributed by atoms with Crippen molar-refractivity contribution in [2.24, 2.45) is 4.99 Å². The molecule has 0 saturated carbocycles. The van der Waals surface area contributed by atoms with Crippen LogP contribution in [0.5, 0.6) is 0 Å². The molecule has 116 valence electrons. The summed E-state index contributed by atoms with van der Waals surface area (Å²) in [6, 6.07) is 3.57. The van der Waals surface area contributed by atoms with Gasteiger partial charge in [0.2, 0.25) is 0 Å². The first-order valence-electron chi connectivity index (χ1n) is 6.83. The van der Waals surface area contributed by atoms with E-state index in [4.69, 9.17) is 4.74 Å². The minimum Gasteiger partial charge on any atom is -0.444 e. The highest BCUT2D eigenvalue weighted by molar-refractivity contribution is 6.04. The van der Waals surface area contributed by atoms with Crippen LogP contribution in [0, 0.1) is 0 Å². The average Bonchev–Trinajstić information content (AvgIpc) is 2.34. The van der Waals surface area contributed by atoms with Crippen molar-refractivity contribution in [3.05, 3.63) is 23.9 Å². The summed E-state index contributed by atoms with van der Waals surface area (Å²) >= 11 is 0. The van der Waals surface area contributed by atoms with Crippen molar-refractivity contribution in [3.63, 3.8) is 0 Å². The fourth-order valence-corrected chi connectivity index (χ4v) is 1.55. The van der Waals surface area contributed by atoms with Crippen LogP contribution < -0.4 is 5.32 Å². The van der Waals surface area contributed by atoms with Crippen LogP contribution in [0.25, 0.3) is 0 Å². The highest BCUT2D eigenvalue weighted by atomic mass is 16.6. The number of hydrogen-bond acceptors (Lipinski definition) is 5.